The van der Waals surface area contributed by atoms with Crippen molar-refractivity contribution in [2.75, 3.05) is 32.9 Å². The van der Waals surface area contributed by atoms with E-state index < -0.39 is 10.0 Å². The molecule has 1 fully saturated rings. The van der Waals surface area contributed by atoms with Crippen LogP contribution >= 0.6 is 0 Å². The first-order valence-corrected chi connectivity index (χ1v) is 7.88. The van der Waals surface area contributed by atoms with E-state index in [1.807, 2.05) is 19.0 Å². The van der Waals surface area contributed by atoms with Crippen molar-refractivity contribution < 1.29 is 8.42 Å². The largest absolute Gasteiger partial charge is 0.398 e. The zero-order chi connectivity index (χ0) is 14.0. The first-order chi connectivity index (χ1) is 8.93. The summed E-state index contributed by atoms with van der Waals surface area (Å²) >= 11 is 0. The maximum Gasteiger partial charge on any atom is 0.245 e. The van der Waals surface area contributed by atoms with Crippen molar-refractivity contribution in [3.8, 4) is 0 Å². The van der Waals surface area contributed by atoms with Crippen molar-refractivity contribution in [1.29, 1.82) is 0 Å². The molecule has 0 radical (unpaired) electrons. The average molecular weight is 283 g/mol. The Bertz CT molecular complexity index is 543. The molecule has 1 atom stereocenters. The zero-order valence-electron chi connectivity index (χ0n) is 11.4. The Morgan fingerprint density at radius 3 is 2.68 bits per heavy atom. The van der Waals surface area contributed by atoms with E-state index in [2.05, 4.69) is 0 Å². The van der Waals surface area contributed by atoms with Gasteiger partial charge in [-0.1, -0.05) is 12.1 Å². The topological polar surface area (TPSA) is 66.6 Å². The highest BCUT2D eigenvalue weighted by Gasteiger charge is 2.36. The lowest BCUT2D eigenvalue weighted by Gasteiger charge is -2.26. The fourth-order valence-electron chi connectivity index (χ4n) is 2.57. The molecule has 2 rings (SSSR count). The number of nitrogen functional groups attached to an aromatic ring is 1. The van der Waals surface area contributed by atoms with E-state index in [9.17, 15) is 8.42 Å². The molecular formula is C13H21N3O2S. The van der Waals surface area contributed by atoms with Gasteiger partial charge in [0.1, 0.15) is 4.90 Å². The van der Waals surface area contributed by atoms with Gasteiger partial charge in [0.2, 0.25) is 10.0 Å². The normalized spacial score (nSPS) is 21.1. The molecule has 6 heteroatoms. The minimum absolute atomic E-state index is 0.0413. The van der Waals surface area contributed by atoms with Gasteiger partial charge in [-0.3, -0.25) is 0 Å². The Kier molecular flexibility index (Phi) is 4.13. The van der Waals surface area contributed by atoms with Crippen LogP contribution in [0.3, 0.4) is 0 Å². The molecule has 0 bridgehead atoms. The minimum Gasteiger partial charge on any atom is -0.398 e. The van der Waals surface area contributed by atoms with Gasteiger partial charge in [0.25, 0.3) is 0 Å². The highest BCUT2D eigenvalue weighted by Crippen LogP contribution is 2.29. The summed E-state index contributed by atoms with van der Waals surface area (Å²) in [4.78, 5) is 2.24. The number of para-hydroxylation sites is 1. The lowest BCUT2D eigenvalue weighted by molar-refractivity contribution is 0.291. The maximum absolute atomic E-state index is 12.7. The molecule has 1 aliphatic rings. The lowest BCUT2D eigenvalue weighted by atomic mass is 10.2. The van der Waals surface area contributed by atoms with Crippen LogP contribution in [0.4, 0.5) is 5.69 Å². The molecule has 2 N–H and O–H groups in total. The molecule has 0 amide bonds. The molecule has 0 aromatic heterocycles. The highest BCUT2D eigenvalue weighted by atomic mass is 32.2. The molecule has 0 spiro atoms. The number of rotatable bonds is 4. The van der Waals surface area contributed by atoms with Crippen LogP contribution in [0.5, 0.6) is 0 Å². The number of anilines is 1. The summed E-state index contributed by atoms with van der Waals surface area (Å²) in [7, 11) is 0.434. The second-order valence-corrected chi connectivity index (χ2v) is 7.07. The molecular weight excluding hydrogens is 262 g/mol. The van der Waals surface area contributed by atoms with E-state index in [0.717, 1.165) is 19.4 Å². The summed E-state index contributed by atoms with van der Waals surface area (Å²) in [6.07, 6.45) is 1.81. The highest BCUT2D eigenvalue weighted by molar-refractivity contribution is 7.89. The third-order valence-electron chi connectivity index (χ3n) is 3.40. The van der Waals surface area contributed by atoms with Gasteiger partial charge >= 0.3 is 0 Å². The van der Waals surface area contributed by atoms with Crippen LogP contribution < -0.4 is 5.73 Å². The molecule has 1 heterocycles. The monoisotopic (exact) mass is 283 g/mol. The number of benzene rings is 1. The third kappa shape index (κ3) is 2.91. The van der Waals surface area contributed by atoms with Crippen LogP contribution in [0.15, 0.2) is 29.2 Å². The summed E-state index contributed by atoms with van der Waals surface area (Å²) in [5.41, 5.74) is 6.12. The van der Waals surface area contributed by atoms with Crippen LogP contribution in [-0.2, 0) is 10.0 Å². The standard InChI is InChI=1S/C13H21N3O2S/c1-15(2)10-11-6-5-9-16(11)19(17,18)13-8-4-3-7-12(13)14/h3-4,7-8,11H,5-6,9-10,14H2,1-2H3. The number of likely N-dealkylation sites (N-methyl/N-ethyl adjacent to an activating group) is 1. The van der Waals surface area contributed by atoms with Gasteiger partial charge in [0.15, 0.2) is 0 Å². The molecule has 1 aromatic carbocycles. The van der Waals surface area contributed by atoms with Gasteiger partial charge in [-0.2, -0.15) is 4.31 Å². The summed E-state index contributed by atoms with van der Waals surface area (Å²) in [6, 6.07) is 6.70. The van der Waals surface area contributed by atoms with E-state index in [-0.39, 0.29) is 10.9 Å². The quantitative estimate of drug-likeness (QED) is 0.837. The maximum atomic E-state index is 12.7. The fourth-order valence-corrected chi connectivity index (χ4v) is 4.37. The van der Waals surface area contributed by atoms with E-state index in [1.54, 1.807) is 28.6 Å². The Balaban J connectivity index is 2.32. The van der Waals surface area contributed by atoms with Gasteiger partial charge in [-0.25, -0.2) is 8.42 Å². The summed E-state index contributed by atoms with van der Waals surface area (Å²) < 4.78 is 26.9. The van der Waals surface area contributed by atoms with E-state index in [1.165, 1.54) is 0 Å². The van der Waals surface area contributed by atoms with E-state index >= 15 is 0 Å². The summed E-state index contributed by atoms with van der Waals surface area (Å²) in [6.45, 7) is 1.32. The van der Waals surface area contributed by atoms with Crippen molar-refractivity contribution in [2.24, 2.45) is 0 Å². The zero-order valence-corrected chi connectivity index (χ0v) is 12.2. The second kappa shape index (κ2) is 5.48. The number of nitrogens with two attached hydrogens (primary N) is 1. The van der Waals surface area contributed by atoms with Gasteiger partial charge < -0.3 is 10.6 Å². The SMILES string of the molecule is CN(C)CC1CCCN1S(=O)(=O)c1ccccc1N. The van der Waals surface area contributed by atoms with Gasteiger partial charge in [-0.05, 0) is 39.1 Å². The third-order valence-corrected chi connectivity index (χ3v) is 5.43. The predicted octanol–water partition coefficient (Wildman–Crippen LogP) is 0.983. The van der Waals surface area contributed by atoms with Crippen molar-refractivity contribution in [1.82, 2.24) is 9.21 Å². The van der Waals surface area contributed by atoms with Crippen LogP contribution in [0.25, 0.3) is 0 Å². The summed E-state index contributed by atoms with van der Waals surface area (Å²) in [5, 5.41) is 0. The van der Waals surface area contributed by atoms with Crippen molar-refractivity contribution in [3.05, 3.63) is 24.3 Å². The van der Waals surface area contributed by atoms with Gasteiger partial charge in [0, 0.05) is 19.1 Å². The predicted molar refractivity (Wildman–Crippen MR) is 76.3 cm³/mol. The van der Waals surface area contributed by atoms with Crippen LogP contribution in [0, 0.1) is 0 Å². The molecule has 1 aliphatic heterocycles. The Morgan fingerprint density at radius 2 is 2.05 bits per heavy atom. The first-order valence-electron chi connectivity index (χ1n) is 6.44. The van der Waals surface area contributed by atoms with Crippen LogP contribution in [0.1, 0.15) is 12.8 Å². The van der Waals surface area contributed by atoms with Crippen molar-refractivity contribution in [3.63, 3.8) is 0 Å². The fraction of sp³-hybridized carbons (Fsp3) is 0.538. The lowest BCUT2D eigenvalue weighted by Crippen LogP contribution is -2.41. The van der Waals surface area contributed by atoms with E-state index in [4.69, 9.17) is 5.73 Å². The second-order valence-electron chi connectivity index (χ2n) is 5.21. The summed E-state index contributed by atoms with van der Waals surface area (Å²) in [5.74, 6) is 0. The average Bonchev–Trinajstić information content (AvgIpc) is 2.77. The van der Waals surface area contributed by atoms with Gasteiger partial charge in [0.05, 0.1) is 5.69 Å². The number of hydrogen-bond donors (Lipinski definition) is 1. The van der Waals surface area contributed by atoms with Crippen molar-refractivity contribution >= 4 is 15.7 Å². The Labute approximate surface area is 115 Å². The molecule has 19 heavy (non-hydrogen) atoms. The van der Waals surface area contributed by atoms with Gasteiger partial charge in [-0.15, -0.1) is 0 Å². The molecule has 0 saturated carbocycles. The Morgan fingerprint density at radius 1 is 1.37 bits per heavy atom. The molecule has 1 aromatic rings. The number of nitrogens with zero attached hydrogens (tertiary/aromatic N) is 2. The van der Waals surface area contributed by atoms with Crippen LogP contribution in [0.2, 0.25) is 0 Å². The minimum atomic E-state index is -3.48. The van der Waals surface area contributed by atoms with Crippen molar-refractivity contribution in [2.45, 2.75) is 23.8 Å². The number of hydrogen-bond acceptors (Lipinski definition) is 4. The van der Waals surface area contributed by atoms with E-state index in [0.29, 0.717) is 12.2 Å². The smallest absolute Gasteiger partial charge is 0.245 e. The Hall–Kier alpha value is -1.11. The molecule has 0 aliphatic carbocycles. The molecule has 1 unspecified atom stereocenters. The molecule has 5 nitrogen and oxygen atoms in total. The van der Waals surface area contributed by atoms with Crippen LogP contribution in [-0.4, -0.2) is 50.8 Å². The first kappa shape index (κ1) is 14.3. The molecule has 1 saturated heterocycles. The number of sulfonamides is 1. The molecule has 106 valence electrons.